The molecule has 4 rings (SSSR count). The van der Waals surface area contributed by atoms with E-state index in [4.69, 9.17) is 0 Å². The molecule has 2 aromatic rings. The van der Waals surface area contributed by atoms with Crippen LogP contribution in [0.4, 0.5) is 4.39 Å². The number of hydrogen-bond acceptors (Lipinski definition) is 3. The van der Waals surface area contributed by atoms with Gasteiger partial charge >= 0.3 is 0 Å². The van der Waals surface area contributed by atoms with Gasteiger partial charge in [0.15, 0.2) is 0 Å². The summed E-state index contributed by atoms with van der Waals surface area (Å²) in [6, 6.07) is 5.96. The quantitative estimate of drug-likeness (QED) is 0.906. The largest absolute Gasteiger partial charge is 0.350 e. The van der Waals surface area contributed by atoms with Crippen LogP contribution in [0.5, 0.6) is 0 Å². The zero-order valence-electron chi connectivity index (χ0n) is 12.8. The monoisotopic (exact) mass is 314 g/mol. The standard InChI is InChI=1S/C17H19FN4O/c18-13-2-3-15(22-9-1-7-21-22)14(10-13)16(23)19-11-17-6-4-12(17)5-8-20-17/h1-3,7,9-10,12,20H,4-6,8,11H2,(H,19,23). The van der Waals surface area contributed by atoms with E-state index in [0.29, 0.717) is 23.7 Å². The fraction of sp³-hybridized carbons (Fsp3) is 0.412. The Bertz CT molecular complexity index is 730. The molecule has 1 aliphatic heterocycles. The van der Waals surface area contributed by atoms with Gasteiger partial charge in [0.2, 0.25) is 0 Å². The first-order valence-electron chi connectivity index (χ1n) is 8.01. The zero-order valence-corrected chi connectivity index (χ0v) is 12.8. The second kappa shape index (κ2) is 5.45. The van der Waals surface area contributed by atoms with Gasteiger partial charge in [-0.15, -0.1) is 0 Å². The summed E-state index contributed by atoms with van der Waals surface area (Å²) >= 11 is 0. The van der Waals surface area contributed by atoms with E-state index >= 15 is 0 Å². The number of fused-ring (bicyclic) bond motifs is 1. The predicted molar refractivity (Wildman–Crippen MR) is 83.9 cm³/mol. The van der Waals surface area contributed by atoms with Crippen LogP contribution in [0.25, 0.3) is 5.69 Å². The van der Waals surface area contributed by atoms with Crippen molar-refractivity contribution in [2.45, 2.75) is 24.8 Å². The maximum atomic E-state index is 13.6. The molecule has 5 nitrogen and oxygen atoms in total. The van der Waals surface area contributed by atoms with Gasteiger partial charge in [-0.05, 0) is 56.0 Å². The third kappa shape index (κ3) is 2.43. The van der Waals surface area contributed by atoms with Crippen LogP contribution in [0.15, 0.2) is 36.7 Å². The lowest BCUT2D eigenvalue weighted by molar-refractivity contribution is 0.0878. The number of amides is 1. The Kier molecular flexibility index (Phi) is 3.41. The van der Waals surface area contributed by atoms with Crippen molar-refractivity contribution in [2.24, 2.45) is 5.92 Å². The molecule has 120 valence electrons. The molecule has 6 heteroatoms. The van der Waals surface area contributed by atoms with Crippen LogP contribution in [0, 0.1) is 11.7 Å². The van der Waals surface area contributed by atoms with Crippen LogP contribution in [0.2, 0.25) is 0 Å². The summed E-state index contributed by atoms with van der Waals surface area (Å²) in [5, 5.41) is 10.6. The number of carbonyl (C=O) groups is 1. The lowest BCUT2D eigenvalue weighted by Gasteiger charge is -2.45. The van der Waals surface area contributed by atoms with Crippen molar-refractivity contribution < 1.29 is 9.18 Å². The Morgan fingerprint density at radius 2 is 2.39 bits per heavy atom. The molecule has 2 atom stereocenters. The van der Waals surface area contributed by atoms with E-state index in [2.05, 4.69) is 15.7 Å². The van der Waals surface area contributed by atoms with Crippen molar-refractivity contribution in [1.29, 1.82) is 0 Å². The summed E-state index contributed by atoms with van der Waals surface area (Å²) in [7, 11) is 0. The molecular weight excluding hydrogens is 295 g/mol. The van der Waals surface area contributed by atoms with Crippen molar-refractivity contribution in [3.63, 3.8) is 0 Å². The van der Waals surface area contributed by atoms with Gasteiger partial charge in [0, 0.05) is 24.5 Å². The van der Waals surface area contributed by atoms with Crippen molar-refractivity contribution >= 4 is 5.91 Å². The number of carbonyl (C=O) groups excluding carboxylic acids is 1. The molecule has 2 N–H and O–H groups in total. The van der Waals surface area contributed by atoms with Crippen LogP contribution in [-0.4, -0.2) is 34.3 Å². The molecule has 0 radical (unpaired) electrons. The summed E-state index contributed by atoms with van der Waals surface area (Å²) in [6.45, 7) is 1.60. The van der Waals surface area contributed by atoms with Crippen LogP contribution in [0.3, 0.4) is 0 Å². The Hall–Kier alpha value is -2.21. The van der Waals surface area contributed by atoms with E-state index in [0.717, 1.165) is 13.0 Å². The predicted octanol–water partition coefficient (Wildman–Crippen LogP) is 1.88. The smallest absolute Gasteiger partial charge is 0.253 e. The number of nitrogens with one attached hydrogen (secondary N) is 2. The second-order valence-electron chi connectivity index (χ2n) is 6.40. The summed E-state index contributed by atoms with van der Waals surface area (Å²) in [5.41, 5.74) is 0.935. The van der Waals surface area contributed by atoms with Gasteiger partial charge < -0.3 is 10.6 Å². The molecule has 23 heavy (non-hydrogen) atoms. The fourth-order valence-corrected chi connectivity index (χ4v) is 3.78. The SMILES string of the molecule is O=C(NCC12CCC1CCN2)c1cc(F)ccc1-n1cccn1. The van der Waals surface area contributed by atoms with Gasteiger partial charge in [-0.25, -0.2) is 9.07 Å². The van der Waals surface area contributed by atoms with Crippen LogP contribution < -0.4 is 10.6 Å². The molecule has 2 aliphatic rings. The third-order valence-electron chi connectivity index (χ3n) is 5.21. The summed E-state index contributed by atoms with van der Waals surface area (Å²) in [6.07, 6.45) is 6.86. The van der Waals surface area contributed by atoms with Crippen molar-refractivity contribution in [3.8, 4) is 5.69 Å². The van der Waals surface area contributed by atoms with Gasteiger partial charge in [-0.3, -0.25) is 4.79 Å². The first kappa shape index (κ1) is 14.4. The molecule has 1 saturated heterocycles. The molecule has 0 bridgehead atoms. The van der Waals surface area contributed by atoms with E-state index in [1.165, 1.54) is 25.0 Å². The third-order valence-corrected chi connectivity index (χ3v) is 5.21. The van der Waals surface area contributed by atoms with Gasteiger partial charge in [0.1, 0.15) is 5.82 Å². The van der Waals surface area contributed by atoms with Crippen LogP contribution >= 0.6 is 0 Å². The number of benzene rings is 1. The Balaban J connectivity index is 1.55. The number of nitrogens with zero attached hydrogens (tertiary/aromatic N) is 2. The topological polar surface area (TPSA) is 59.0 Å². The molecule has 1 aromatic carbocycles. The lowest BCUT2D eigenvalue weighted by Crippen LogP contribution is -2.59. The number of aromatic nitrogens is 2. The minimum atomic E-state index is -0.426. The maximum Gasteiger partial charge on any atom is 0.253 e. The van der Waals surface area contributed by atoms with Crippen molar-refractivity contribution in [1.82, 2.24) is 20.4 Å². The Morgan fingerprint density at radius 1 is 1.48 bits per heavy atom. The molecule has 1 aromatic heterocycles. The minimum Gasteiger partial charge on any atom is -0.350 e. The van der Waals surface area contributed by atoms with E-state index in [-0.39, 0.29) is 11.4 Å². The Morgan fingerprint density at radius 3 is 3.09 bits per heavy atom. The average Bonchev–Trinajstić information content (AvgIpc) is 3.15. The van der Waals surface area contributed by atoms with Gasteiger partial charge in [0.25, 0.3) is 5.91 Å². The maximum absolute atomic E-state index is 13.6. The lowest BCUT2D eigenvalue weighted by atomic mass is 9.68. The van der Waals surface area contributed by atoms with E-state index in [9.17, 15) is 9.18 Å². The molecule has 2 fully saturated rings. The number of halogens is 1. The zero-order chi connectivity index (χ0) is 15.9. The number of hydrogen-bond donors (Lipinski definition) is 2. The highest BCUT2D eigenvalue weighted by Crippen LogP contribution is 2.43. The van der Waals surface area contributed by atoms with Crippen LogP contribution in [-0.2, 0) is 0 Å². The highest BCUT2D eigenvalue weighted by molar-refractivity contribution is 5.97. The number of rotatable bonds is 4. The van der Waals surface area contributed by atoms with E-state index < -0.39 is 5.82 Å². The van der Waals surface area contributed by atoms with Gasteiger partial charge in [-0.1, -0.05) is 0 Å². The van der Waals surface area contributed by atoms with Crippen molar-refractivity contribution in [2.75, 3.05) is 13.1 Å². The van der Waals surface area contributed by atoms with Crippen molar-refractivity contribution in [3.05, 3.63) is 48.0 Å². The van der Waals surface area contributed by atoms with E-state index in [1.54, 1.807) is 29.2 Å². The van der Waals surface area contributed by atoms with Gasteiger partial charge in [0.05, 0.1) is 11.3 Å². The molecule has 1 aliphatic carbocycles. The molecule has 1 saturated carbocycles. The fourth-order valence-electron chi connectivity index (χ4n) is 3.78. The summed E-state index contributed by atoms with van der Waals surface area (Å²) in [5.74, 6) is -0.0330. The second-order valence-corrected chi connectivity index (χ2v) is 6.40. The van der Waals surface area contributed by atoms with E-state index in [1.807, 2.05) is 0 Å². The minimum absolute atomic E-state index is 0.0504. The van der Waals surface area contributed by atoms with Crippen LogP contribution in [0.1, 0.15) is 29.6 Å². The average molecular weight is 314 g/mol. The first-order chi connectivity index (χ1) is 11.2. The highest BCUT2D eigenvalue weighted by atomic mass is 19.1. The van der Waals surface area contributed by atoms with Gasteiger partial charge in [-0.2, -0.15) is 5.10 Å². The molecule has 0 spiro atoms. The highest BCUT2D eigenvalue weighted by Gasteiger charge is 2.49. The summed E-state index contributed by atoms with van der Waals surface area (Å²) < 4.78 is 15.2. The molecule has 2 unspecified atom stereocenters. The normalized spacial score (nSPS) is 25.7. The Labute approximate surface area is 133 Å². The molecular formula is C17H19FN4O. The summed E-state index contributed by atoms with van der Waals surface area (Å²) in [4.78, 5) is 12.6. The first-order valence-corrected chi connectivity index (χ1v) is 8.01. The molecule has 2 heterocycles. The molecule has 1 amide bonds.